The van der Waals surface area contributed by atoms with Crippen molar-refractivity contribution in [3.63, 3.8) is 0 Å². The number of thiocarbonyl (C=S) groups is 1. The average Bonchev–Trinajstić information content (AvgIpc) is 2.89. The molecule has 0 saturated carbocycles. The lowest BCUT2D eigenvalue weighted by atomic mass is 10.1. The van der Waals surface area contributed by atoms with Crippen LogP contribution in [0.4, 0.5) is 5.69 Å². The van der Waals surface area contributed by atoms with E-state index in [0.717, 1.165) is 23.9 Å². The van der Waals surface area contributed by atoms with E-state index < -0.39 is 0 Å². The van der Waals surface area contributed by atoms with Crippen molar-refractivity contribution in [2.75, 3.05) is 11.9 Å². The van der Waals surface area contributed by atoms with E-state index in [4.69, 9.17) is 12.2 Å². The van der Waals surface area contributed by atoms with Gasteiger partial charge in [-0.3, -0.25) is 0 Å². The SMILES string of the molecule is CC1c2cccn2CCN1C(=S)Nc1ccccc1. The molecule has 2 aromatic rings. The Morgan fingerprint density at radius 2 is 1.95 bits per heavy atom. The fraction of sp³-hybridized carbons (Fsp3) is 0.267. The van der Waals surface area contributed by atoms with Crippen LogP contribution in [0.3, 0.4) is 0 Å². The van der Waals surface area contributed by atoms with Crippen molar-refractivity contribution >= 4 is 23.0 Å². The number of hydrogen-bond donors (Lipinski definition) is 1. The lowest BCUT2D eigenvalue weighted by molar-refractivity contribution is 0.276. The van der Waals surface area contributed by atoms with E-state index in [9.17, 15) is 0 Å². The highest BCUT2D eigenvalue weighted by molar-refractivity contribution is 7.80. The summed E-state index contributed by atoms with van der Waals surface area (Å²) in [6.07, 6.45) is 2.14. The molecule has 0 bridgehead atoms. The minimum absolute atomic E-state index is 0.312. The van der Waals surface area contributed by atoms with Crippen LogP contribution in [0.5, 0.6) is 0 Å². The molecular formula is C15H17N3S. The van der Waals surface area contributed by atoms with Crippen LogP contribution in [0.2, 0.25) is 0 Å². The summed E-state index contributed by atoms with van der Waals surface area (Å²) >= 11 is 5.54. The summed E-state index contributed by atoms with van der Waals surface area (Å²) in [5.41, 5.74) is 2.36. The second-order valence-electron chi connectivity index (χ2n) is 4.79. The van der Waals surface area contributed by atoms with Gasteiger partial charge in [0.2, 0.25) is 0 Å². The number of fused-ring (bicyclic) bond motifs is 1. The second-order valence-corrected chi connectivity index (χ2v) is 5.18. The number of nitrogens with one attached hydrogen (secondary N) is 1. The zero-order chi connectivity index (χ0) is 13.2. The maximum absolute atomic E-state index is 5.54. The number of rotatable bonds is 1. The summed E-state index contributed by atoms with van der Waals surface area (Å²) in [4.78, 5) is 2.25. The van der Waals surface area contributed by atoms with Gasteiger partial charge >= 0.3 is 0 Å². The Morgan fingerprint density at radius 1 is 1.16 bits per heavy atom. The Balaban J connectivity index is 1.75. The summed E-state index contributed by atoms with van der Waals surface area (Å²) in [7, 11) is 0. The van der Waals surface area contributed by atoms with Crippen LogP contribution in [0, 0.1) is 0 Å². The number of para-hydroxylation sites is 1. The van der Waals surface area contributed by atoms with Crippen LogP contribution in [0.1, 0.15) is 18.7 Å². The third kappa shape index (κ3) is 2.36. The predicted octanol–water partition coefficient (Wildman–Crippen LogP) is 3.26. The Labute approximate surface area is 118 Å². The molecule has 0 spiro atoms. The zero-order valence-corrected chi connectivity index (χ0v) is 11.7. The van der Waals surface area contributed by atoms with E-state index in [1.54, 1.807) is 0 Å². The van der Waals surface area contributed by atoms with Crippen molar-refractivity contribution in [1.29, 1.82) is 0 Å². The zero-order valence-electron chi connectivity index (χ0n) is 10.9. The van der Waals surface area contributed by atoms with Gasteiger partial charge in [0.25, 0.3) is 0 Å². The Hall–Kier alpha value is -1.81. The van der Waals surface area contributed by atoms with E-state index in [2.05, 4.69) is 40.0 Å². The Bertz CT molecular complexity index is 576. The number of benzene rings is 1. The number of nitrogens with zero attached hydrogens (tertiary/aromatic N) is 2. The molecule has 0 saturated heterocycles. The van der Waals surface area contributed by atoms with Gasteiger partial charge in [0.05, 0.1) is 6.04 Å². The van der Waals surface area contributed by atoms with Crippen molar-refractivity contribution in [2.24, 2.45) is 0 Å². The first kappa shape index (κ1) is 12.2. The first-order valence-corrected chi connectivity index (χ1v) is 6.94. The van der Waals surface area contributed by atoms with Crippen LogP contribution in [0.15, 0.2) is 48.7 Å². The monoisotopic (exact) mass is 271 g/mol. The van der Waals surface area contributed by atoms with Crippen LogP contribution in [-0.2, 0) is 6.54 Å². The highest BCUT2D eigenvalue weighted by Gasteiger charge is 2.25. The van der Waals surface area contributed by atoms with Gasteiger partial charge in [0, 0.05) is 30.7 Å². The molecule has 1 atom stereocenters. The minimum atomic E-state index is 0.312. The molecule has 0 aliphatic carbocycles. The molecule has 1 aliphatic rings. The van der Waals surface area contributed by atoms with Crippen molar-refractivity contribution in [1.82, 2.24) is 9.47 Å². The number of aromatic nitrogens is 1. The molecule has 3 nitrogen and oxygen atoms in total. The van der Waals surface area contributed by atoms with Gasteiger partial charge in [0.15, 0.2) is 5.11 Å². The van der Waals surface area contributed by atoms with Crippen molar-refractivity contribution in [2.45, 2.75) is 19.5 Å². The Morgan fingerprint density at radius 3 is 2.74 bits per heavy atom. The van der Waals surface area contributed by atoms with Gasteiger partial charge < -0.3 is 14.8 Å². The van der Waals surface area contributed by atoms with E-state index in [-0.39, 0.29) is 0 Å². The van der Waals surface area contributed by atoms with E-state index in [1.165, 1.54) is 5.69 Å². The first-order chi connectivity index (χ1) is 9.25. The highest BCUT2D eigenvalue weighted by Crippen LogP contribution is 2.26. The molecule has 0 fully saturated rings. The van der Waals surface area contributed by atoms with Crippen LogP contribution < -0.4 is 5.32 Å². The third-order valence-corrected chi connectivity index (χ3v) is 3.96. The van der Waals surface area contributed by atoms with E-state index >= 15 is 0 Å². The maximum Gasteiger partial charge on any atom is 0.174 e. The van der Waals surface area contributed by atoms with Crippen molar-refractivity contribution < 1.29 is 0 Å². The highest BCUT2D eigenvalue weighted by atomic mass is 32.1. The molecule has 0 amide bonds. The third-order valence-electron chi connectivity index (χ3n) is 3.63. The molecule has 1 aromatic heterocycles. The molecule has 98 valence electrons. The second kappa shape index (κ2) is 5.05. The number of anilines is 1. The molecular weight excluding hydrogens is 254 g/mol. The Kier molecular flexibility index (Phi) is 3.25. The standard InChI is InChI=1S/C15H17N3S/c1-12-14-8-5-9-17(14)10-11-18(12)15(19)16-13-6-3-2-4-7-13/h2-9,12H,10-11H2,1H3,(H,16,19). The molecule has 0 radical (unpaired) electrons. The quantitative estimate of drug-likeness (QED) is 0.804. The molecule has 4 heteroatoms. The summed E-state index contributed by atoms with van der Waals surface area (Å²) in [6, 6.07) is 14.7. The van der Waals surface area contributed by atoms with Crippen LogP contribution >= 0.6 is 12.2 Å². The lowest BCUT2D eigenvalue weighted by Crippen LogP contribution is -2.42. The smallest absolute Gasteiger partial charge is 0.174 e. The average molecular weight is 271 g/mol. The fourth-order valence-electron chi connectivity index (χ4n) is 2.57. The summed E-state index contributed by atoms with van der Waals surface area (Å²) in [6.45, 7) is 4.13. The molecule has 1 N–H and O–H groups in total. The summed E-state index contributed by atoms with van der Waals surface area (Å²) in [5.74, 6) is 0. The van der Waals surface area contributed by atoms with Gasteiger partial charge in [-0.05, 0) is 43.4 Å². The van der Waals surface area contributed by atoms with Gasteiger partial charge in [-0.2, -0.15) is 0 Å². The van der Waals surface area contributed by atoms with Gasteiger partial charge in [-0.25, -0.2) is 0 Å². The van der Waals surface area contributed by atoms with Crippen LogP contribution in [0.25, 0.3) is 0 Å². The molecule has 1 unspecified atom stereocenters. The molecule has 2 heterocycles. The van der Waals surface area contributed by atoms with Crippen molar-refractivity contribution in [3.8, 4) is 0 Å². The van der Waals surface area contributed by atoms with Crippen LogP contribution in [-0.4, -0.2) is 21.1 Å². The summed E-state index contributed by atoms with van der Waals surface area (Å²) < 4.78 is 2.30. The van der Waals surface area contributed by atoms with E-state index in [0.29, 0.717) is 6.04 Å². The molecule has 1 aliphatic heterocycles. The largest absolute Gasteiger partial charge is 0.348 e. The molecule has 19 heavy (non-hydrogen) atoms. The first-order valence-electron chi connectivity index (χ1n) is 6.53. The van der Waals surface area contributed by atoms with E-state index in [1.807, 2.05) is 30.3 Å². The topological polar surface area (TPSA) is 20.2 Å². The molecule has 1 aromatic carbocycles. The van der Waals surface area contributed by atoms with Gasteiger partial charge in [-0.1, -0.05) is 18.2 Å². The minimum Gasteiger partial charge on any atom is -0.348 e. The number of hydrogen-bond acceptors (Lipinski definition) is 1. The maximum atomic E-state index is 5.54. The normalized spacial score (nSPS) is 17.9. The molecule has 3 rings (SSSR count). The van der Waals surface area contributed by atoms with Crippen molar-refractivity contribution in [3.05, 3.63) is 54.4 Å². The predicted molar refractivity (Wildman–Crippen MR) is 82.2 cm³/mol. The van der Waals surface area contributed by atoms with Gasteiger partial charge in [-0.15, -0.1) is 0 Å². The fourth-order valence-corrected chi connectivity index (χ4v) is 2.94. The summed E-state index contributed by atoms with van der Waals surface area (Å²) in [5, 5.41) is 4.11. The lowest BCUT2D eigenvalue weighted by Gasteiger charge is -2.36. The van der Waals surface area contributed by atoms with Gasteiger partial charge in [0.1, 0.15) is 0 Å².